The third kappa shape index (κ3) is 4.07. The van der Waals surface area contributed by atoms with Crippen LogP contribution in [-0.4, -0.2) is 42.4 Å². The maximum absolute atomic E-state index is 11.5. The number of carboxylic acid groups (broad SMARTS) is 1. The van der Waals surface area contributed by atoms with Gasteiger partial charge in [-0.05, 0) is 5.56 Å². The fourth-order valence-electron chi connectivity index (χ4n) is 2.48. The van der Waals surface area contributed by atoms with Gasteiger partial charge in [-0.2, -0.15) is 0 Å². The monoisotopic (exact) mass is 333 g/mol. The van der Waals surface area contributed by atoms with Crippen molar-refractivity contribution in [1.82, 2.24) is 10.3 Å². The van der Waals surface area contributed by atoms with E-state index in [-0.39, 0.29) is 0 Å². The van der Waals surface area contributed by atoms with E-state index in [1.807, 2.05) is 36.5 Å². The Morgan fingerprint density at radius 2 is 2.09 bits per heavy atom. The fourth-order valence-corrected chi connectivity index (χ4v) is 3.39. The van der Waals surface area contributed by atoms with Crippen molar-refractivity contribution in [3.63, 3.8) is 0 Å². The maximum Gasteiger partial charge on any atom is 0.325 e. The highest BCUT2D eigenvalue weighted by molar-refractivity contribution is 7.15. The summed E-state index contributed by atoms with van der Waals surface area (Å²) in [6, 6.07) is 8.48. The molecule has 1 aromatic heterocycles. The Balaban J connectivity index is 1.62. The molecular weight excluding hydrogens is 314 g/mol. The van der Waals surface area contributed by atoms with Gasteiger partial charge in [0.15, 0.2) is 5.13 Å². The Kier molecular flexibility index (Phi) is 5.22. The molecule has 7 heteroatoms. The van der Waals surface area contributed by atoms with Crippen molar-refractivity contribution in [2.75, 3.05) is 31.2 Å². The summed E-state index contributed by atoms with van der Waals surface area (Å²) in [5.41, 5.74) is 0.748. The number of morpholine rings is 1. The summed E-state index contributed by atoms with van der Waals surface area (Å²) in [5.74, 6) is -0.880. The maximum atomic E-state index is 11.5. The summed E-state index contributed by atoms with van der Waals surface area (Å²) in [6.07, 6.45) is 1.81. The van der Waals surface area contributed by atoms with Crippen molar-refractivity contribution >= 4 is 22.4 Å². The Labute approximate surface area is 138 Å². The van der Waals surface area contributed by atoms with E-state index in [9.17, 15) is 9.90 Å². The molecule has 6 nitrogen and oxygen atoms in total. The Bertz CT molecular complexity index is 641. The number of hydrogen-bond donors (Lipinski definition) is 2. The number of ether oxygens (including phenoxy) is 1. The van der Waals surface area contributed by atoms with Crippen LogP contribution >= 0.6 is 11.3 Å². The Morgan fingerprint density at radius 3 is 2.78 bits per heavy atom. The van der Waals surface area contributed by atoms with Crippen molar-refractivity contribution in [2.24, 2.45) is 0 Å². The smallest absolute Gasteiger partial charge is 0.325 e. The highest BCUT2D eigenvalue weighted by Crippen LogP contribution is 2.24. The van der Waals surface area contributed by atoms with Gasteiger partial charge in [0.2, 0.25) is 0 Å². The molecule has 0 radical (unpaired) electrons. The van der Waals surface area contributed by atoms with E-state index in [1.165, 1.54) is 0 Å². The molecule has 0 unspecified atom stereocenters. The second kappa shape index (κ2) is 7.54. The topological polar surface area (TPSA) is 74.7 Å². The van der Waals surface area contributed by atoms with Crippen molar-refractivity contribution < 1.29 is 14.6 Å². The minimum atomic E-state index is -0.880. The summed E-state index contributed by atoms with van der Waals surface area (Å²) >= 11 is 1.59. The number of carbonyl (C=O) groups is 1. The van der Waals surface area contributed by atoms with Crippen molar-refractivity contribution in [3.05, 3.63) is 47.0 Å². The predicted octanol–water partition coefficient (Wildman–Crippen LogP) is 1.90. The molecule has 1 atom stereocenters. The van der Waals surface area contributed by atoms with Crippen LogP contribution in [0.1, 0.15) is 16.5 Å². The largest absolute Gasteiger partial charge is 0.480 e. The van der Waals surface area contributed by atoms with Gasteiger partial charge in [-0.3, -0.25) is 10.1 Å². The van der Waals surface area contributed by atoms with Crippen molar-refractivity contribution in [1.29, 1.82) is 0 Å². The highest BCUT2D eigenvalue weighted by Gasteiger charge is 2.20. The zero-order valence-corrected chi connectivity index (χ0v) is 13.5. The van der Waals surface area contributed by atoms with E-state index in [1.54, 1.807) is 11.3 Å². The lowest BCUT2D eigenvalue weighted by Gasteiger charge is -2.26. The third-order valence-electron chi connectivity index (χ3n) is 3.68. The van der Waals surface area contributed by atoms with Crippen molar-refractivity contribution in [2.45, 2.75) is 12.6 Å². The number of thiazole rings is 1. The molecule has 1 aliphatic rings. The second-order valence-corrected chi connectivity index (χ2v) is 6.37. The van der Waals surface area contributed by atoms with Crippen LogP contribution < -0.4 is 10.2 Å². The molecule has 0 saturated carbocycles. The third-order valence-corrected chi connectivity index (χ3v) is 4.74. The first-order valence-electron chi connectivity index (χ1n) is 7.52. The molecule has 0 aliphatic carbocycles. The normalized spacial score (nSPS) is 16.3. The molecule has 1 saturated heterocycles. The molecule has 1 fully saturated rings. The molecule has 2 aromatic rings. The lowest BCUT2D eigenvalue weighted by molar-refractivity contribution is -0.139. The van der Waals surface area contributed by atoms with E-state index in [0.29, 0.717) is 6.54 Å². The lowest BCUT2D eigenvalue weighted by atomic mass is 10.1. The zero-order valence-electron chi connectivity index (χ0n) is 12.6. The number of nitrogens with one attached hydrogen (secondary N) is 1. The van der Waals surface area contributed by atoms with E-state index in [0.717, 1.165) is 41.9 Å². The number of rotatable bonds is 6. The van der Waals surface area contributed by atoms with Crippen LogP contribution in [0.2, 0.25) is 0 Å². The molecule has 1 aliphatic heterocycles. The molecule has 0 amide bonds. The average molecular weight is 333 g/mol. The summed E-state index contributed by atoms with van der Waals surface area (Å²) in [7, 11) is 0. The number of benzene rings is 1. The standard InChI is InChI=1S/C16H19N3O3S/c20-15(21)14(12-4-2-1-3-5-12)17-10-13-11-18-16(23-13)19-6-8-22-9-7-19/h1-5,11,14,17H,6-10H2,(H,20,21)/t14-/m0/s1. The molecule has 0 bridgehead atoms. The molecular formula is C16H19N3O3S. The SMILES string of the molecule is O=C(O)[C@@H](NCc1cnc(N2CCOCC2)s1)c1ccccc1. The predicted molar refractivity (Wildman–Crippen MR) is 88.8 cm³/mol. The number of hydrogen-bond acceptors (Lipinski definition) is 6. The summed E-state index contributed by atoms with van der Waals surface area (Å²) in [4.78, 5) is 19.1. The molecule has 1 aromatic carbocycles. The summed E-state index contributed by atoms with van der Waals surface area (Å²) in [6.45, 7) is 3.63. The average Bonchev–Trinajstić information content (AvgIpc) is 3.05. The first-order valence-corrected chi connectivity index (χ1v) is 8.34. The Morgan fingerprint density at radius 1 is 1.35 bits per heavy atom. The summed E-state index contributed by atoms with van der Waals surface area (Å²) in [5, 5.41) is 13.5. The van der Waals surface area contributed by atoms with Crippen LogP contribution in [0.15, 0.2) is 36.5 Å². The highest BCUT2D eigenvalue weighted by atomic mass is 32.1. The molecule has 2 heterocycles. The first-order chi connectivity index (χ1) is 11.2. The van der Waals surface area contributed by atoms with Crippen molar-refractivity contribution in [3.8, 4) is 0 Å². The number of anilines is 1. The van der Waals surface area contributed by atoms with Gasteiger partial charge >= 0.3 is 5.97 Å². The quantitative estimate of drug-likeness (QED) is 0.841. The molecule has 23 heavy (non-hydrogen) atoms. The van der Waals surface area contributed by atoms with Gasteiger partial charge in [-0.25, -0.2) is 4.98 Å². The lowest BCUT2D eigenvalue weighted by Crippen LogP contribution is -2.36. The van der Waals surface area contributed by atoms with Crippen LogP contribution in [-0.2, 0) is 16.1 Å². The number of aliphatic carboxylic acids is 1. The van der Waals surface area contributed by atoms with Crippen LogP contribution in [0.3, 0.4) is 0 Å². The number of aromatic nitrogens is 1. The zero-order chi connectivity index (χ0) is 16.1. The van der Waals surface area contributed by atoms with Crippen LogP contribution in [0.5, 0.6) is 0 Å². The van der Waals surface area contributed by atoms with Gasteiger partial charge in [-0.1, -0.05) is 30.3 Å². The van der Waals surface area contributed by atoms with E-state index in [4.69, 9.17) is 4.74 Å². The van der Waals surface area contributed by atoms with E-state index in [2.05, 4.69) is 15.2 Å². The molecule has 2 N–H and O–H groups in total. The minimum absolute atomic E-state index is 0.480. The van der Waals surface area contributed by atoms with Crippen LogP contribution in [0.4, 0.5) is 5.13 Å². The van der Waals surface area contributed by atoms with Gasteiger partial charge in [0.05, 0.1) is 13.2 Å². The van der Waals surface area contributed by atoms with Crippen LogP contribution in [0.25, 0.3) is 0 Å². The van der Waals surface area contributed by atoms with Gasteiger partial charge < -0.3 is 14.7 Å². The van der Waals surface area contributed by atoms with Gasteiger partial charge in [-0.15, -0.1) is 11.3 Å². The van der Waals surface area contributed by atoms with E-state index < -0.39 is 12.0 Å². The number of carboxylic acids is 1. The van der Waals surface area contributed by atoms with Gasteiger partial charge in [0.25, 0.3) is 0 Å². The molecule has 0 spiro atoms. The van der Waals surface area contributed by atoms with Gasteiger partial charge in [0.1, 0.15) is 6.04 Å². The molecule has 122 valence electrons. The first kappa shape index (κ1) is 15.9. The van der Waals surface area contributed by atoms with Gasteiger partial charge in [0, 0.05) is 30.7 Å². The Hall–Kier alpha value is -1.96. The summed E-state index contributed by atoms with van der Waals surface area (Å²) < 4.78 is 5.34. The van der Waals surface area contributed by atoms with Crippen LogP contribution in [0, 0.1) is 0 Å². The van der Waals surface area contributed by atoms with E-state index >= 15 is 0 Å². The number of nitrogens with zero attached hydrogens (tertiary/aromatic N) is 2. The minimum Gasteiger partial charge on any atom is -0.480 e. The fraction of sp³-hybridized carbons (Fsp3) is 0.375. The molecule has 3 rings (SSSR count). The second-order valence-electron chi connectivity index (χ2n) is 5.27.